The van der Waals surface area contributed by atoms with Crippen LogP contribution in [0.4, 0.5) is 5.82 Å². The highest BCUT2D eigenvalue weighted by Gasteiger charge is 2.74. The lowest BCUT2D eigenvalue weighted by atomic mass is 9.39. The number of anilines is 1. The summed E-state index contributed by atoms with van der Waals surface area (Å²) in [4.78, 5) is 56.9. The van der Waals surface area contributed by atoms with Gasteiger partial charge >= 0.3 is 0 Å². The van der Waals surface area contributed by atoms with Gasteiger partial charge < -0.3 is 70.6 Å². The maximum Gasteiger partial charge on any atom is 0.229 e. The molecule has 11 N–H and O–H groups in total. The molecule has 21 nitrogen and oxygen atoms in total. The van der Waals surface area contributed by atoms with Crippen LogP contribution in [-0.4, -0.2) is 174 Å². The number of ether oxygens (including phenoxy) is 3. The van der Waals surface area contributed by atoms with Crippen molar-refractivity contribution in [3.63, 3.8) is 0 Å². The van der Waals surface area contributed by atoms with Gasteiger partial charge in [-0.2, -0.15) is 0 Å². The van der Waals surface area contributed by atoms with Gasteiger partial charge in [0.1, 0.15) is 60.4 Å². The number of nitrogens with zero attached hydrogens (tertiary/aromatic N) is 4. The third kappa shape index (κ3) is 7.33. The molecule has 6 aliphatic rings. The molecule has 2 saturated carbocycles. The fourth-order valence-electron chi connectivity index (χ4n) is 12.8. The molecular formula is C46H65N5O16. The van der Waals surface area contributed by atoms with E-state index in [-0.39, 0.29) is 41.4 Å². The molecule has 2 aliphatic heterocycles. The number of rotatable bonds is 12. The van der Waals surface area contributed by atoms with Gasteiger partial charge in [-0.25, -0.2) is 15.0 Å². The van der Waals surface area contributed by atoms with Crippen molar-refractivity contribution in [2.45, 2.75) is 160 Å². The van der Waals surface area contributed by atoms with E-state index in [9.17, 15) is 60.7 Å². The molecule has 370 valence electrons. The predicted molar refractivity (Wildman–Crippen MR) is 232 cm³/mol. The van der Waals surface area contributed by atoms with E-state index in [1.165, 1.54) is 44.1 Å². The third-order valence-corrected chi connectivity index (χ3v) is 17.0. The number of hydrogen-bond donors (Lipinski definition) is 11. The van der Waals surface area contributed by atoms with Gasteiger partial charge in [-0.05, 0) is 70.3 Å². The van der Waals surface area contributed by atoms with Gasteiger partial charge in [0.2, 0.25) is 12.1 Å². The molecule has 0 bridgehead atoms. The van der Waals surface area contributed by atoms with Crippen molar-refractivity contribution in [2.75, 3.05) is 18.5 Å². The summed E-state index contributed by atoms with van der Waals surface area (Å²) < 4.78 is 18.6. The highest BCUT2D eigenvalue weighted by molar-refractivity contribution is 6.02. The van der Waals surface area contributed by atoms with Gasteiger partial charge in [0.15, 0.2) is 34.8 Å². The SMILES string of the molecule is CC1(C)C(=O)C(O[C@@H]2O[C@H](CO)[C@@H](O)[C@H](O)[C@H]2O)=C[C@@H]2C1=CC[C@@H]1[C@@]2(C)C(=O)C[C@]2(C)[C@H]([C@@](C)(O)C(=O)C[C@@H](Nc3ncnc4c3ncn4[C@@H]3O[C@H](CO)[C@@H](O)[C@H]3O)C(C)(C)O)[C@H](O)C[C@@]12C. The number of hydrogen-bond acceptors (Lipinski definition) is 20. The first-order valence-corrected chi connectivity index (χ1v) is 22.8. The zero-order valence-electron chi connectivity index (χ0n) is 38.8. The van der Waals surface area contributed by atoms with Gasteiger partial charge in [-0.1, -0.05) is 32.4 Å². The number of fused-ring (bicyclic) bond motifs is 6. The Labute approximate surface area is 386 Å². The molecule has 67 heavy (non-hydrogen) atoms. The lowest BCUT2D eigenvalue weighted by Crippen LogP contribution is -2.64. The summed E-state index contributed by atoms with van der Waals surface area (Å²) in [7, 11) is 0. The van der Waals surface area contributed by atoms with Crippen molar-refractivity contribution in [3.8, 4) is 0 Å². The lowest BCUT2D eigenvalue weighted by molar-refractivity contribution is -0.291. The molecule has 4 heterocycles. The first kappa shape index (κ1) is 49.6. The number of nitrogens with one attached hydrogen (secondary N) is 1. The molecule has 2 aromatic heterocycles. The fraction of sp³-hybridized carbons (Fsp3) is 0.739. The number of Topliss-reactive ketones (excluding diaryl/α,β-unsaturated/α-hetero) is 3. The Bertz CT molecular complexity index is 2360. The number of aliphatic hydroxyl groups is 10. The van der Waals surface area contributed by atoms with Crippen molar-refractivity contribution in [2.24, 2.45) is 39.4 Å². The second-order valence-electron chi connectivity index (χ2n) is 21.6. The molecule has 0 unspecified atom stereocenters. The summed E-state index contributed by atoms with van der Waals surface area (Å²) in [5.41, 5.74) is -7.38. The second kappa shape index (κ2) is 16.7. The summed E-state index contributed by atoms with van der Waals surface area (Å²) in [5.74, 6) is -3.99. The zero-order chi connectivity index (χ0) is 49.3. The van der Waals surface area contributed by atoms with Crippen molar-refractivity contribution in [1.29, 1.82) is 0 Å². The van der Waals surface area contributed by atoms with Gasteiger partial charge in [0.25, 0.3) is 0 Å². The fourth-order valence-corrected chi connectivity index (χ4v) is 12.8. The molecule has 18 atom stereocenters. The van der Waals surface area contributed by atoms with E-state index in [0.717, 1.165) is 0 Å². The molecule has 4 aliphatic carbocycles. The minimum Gasteiger partial charge on any atom is -0.459 e. The van der Waals surface area contributed by atoms with Crippen LogP contribution in [0.1, 0.15) is 87.3 Å². The Morgan fingerprint density at radius 3 is 2.16 bits per heavy atom. The van der Waals surface area contributed by atoms with Crippen LogP contribution < -0.4 is 5.32 Å². The normalized spacial score (nSPS) is 42.0. The topological polar surface area (TPSA) is 337 Å². The first-order valence-electron chi connectivity index (χ1n) is 22.8. The van der Waals surface area contributed by atoms with Crippen molar-refractivity contribution in [3.05, 3.63) is 36.1 Å². The van der Waals surface area contributed by atoms with Gasteiger partial charge in [-0.15, -0.1) is 0 Å². The van der Waals surface area contributed by atoms with Crippen molar-refractivity contribution >= 4 is 34.3 Å². The molecule has 4 fully saturated rings. The number of imidazole rings is 1. The molecule has 8 rings (SSSR count). The van der Waals surface area contributed by atoms with Crippen LogP contribution in [0.3, 0.4) is 0 Å². The minimum atomic E-state index is -2.25. The quantitative estimate of drug-likeness (QED) is 0.113. The van der Waals surface area contributed by atoms with E-state index in [1.807, 2.05) is 26.8 Å². The molecular weight excluding hydrogens is 879 g/mol. The van der Waals surface area contributed by atoms with Crippen LogP contribution in [0, 0.1) is 39.4 Å². The lowest BCUT2D eigenvalue weighted by Gasteiger charge is -2.63. The smallest absolute Gasteiger partial charge is 0.229 e. The van der Waals surface area contributed by atoms with Crippen molar-refractivity contribution < 1.29 is 79.7 Å². The summed E-state index contributed by atoms with van der Waals surface area (Å²) in [6, 6.07) is -1.12. The van der Waals surface area contributed by atoms with E-state index in [1.54, 1.807) is 13.8 Å². The third-order valence-electron chi connectivity index (χ3n) is 17.0. The van der Waals surface area contributed by atoms with Crippen LogP contribution >= 0.6 is 0 Å². The molecule has 2 aromatic rings. The Kier molecular flexibility index (Phi) is 12.3. The first-order chi connectivity index (χ1) is 31.1. The summed E-state index contributed by atoms with van der Waals surface area (Å²) in [6.45, 7) is 12.0. The maximum atomic E-state index is 15.1. The van der Waals surface area contributed by atoms with Crippen molar-refractivity contribution in [1.82, 2.24) is 19.5 Å². The highest BCUT2D eigenvalue weighted by Crippen LogP contribution is 2.74. The Morgan fingerprint density at radius 2 is 1.54 bits per heavy atom. The Balaban J connectivity index is 1.07. The van der Waals surface area contributed by atoms with Gasteiger partial charge in [0, 0.05) is 30.1 Å². The summed E-state index contributed by atoms with van der Waals surface area (Å²) >= 11 is 0. The van der Waals surface area contributed by atoms with Crippen LogP contribution in [0.15, 0.2) is 36.1 Å². The van der Waals surface area contributed by atoms with E-state index in [0.29, 0.717) is 12.0 Å². The minimum absolute atomic E-state index is 0.0840. The van der Waals surface area contributed by atoms with Crippen LogP contribution in [0.5, 0.6) is 0 Å². The molecule has 21 heteroatoms. The van der Waals surface area contributed by atoms with E-state index >= 15 is 4.79 Å². The number of allylic oxidation sites excluding steroid dienone is 4. The van der Waals surface area contributed by atoms with Gasteiger partial charge in [-0.3, -0.25) is 19.0 Å². The molecule has 0 radical (unpaired) electrons. The maximum absolute atomic E-state index is 15.1. The van der Waals surface area contributed by atoms with Crippen LogP contribution in [0.25, 0.3) is 11.2 Å². The monoisotopic (exact) mass is 943 g/mol. The van der Waals surface area contributed by atoms with E-state index in [2.05, 4.69) is 20.3 Å². The molecule has 0 amide bonds. The summed E-state index contributed by atoms with van der Waals surface area (Å²) in [5, 5.41) is 111. The number of carbonyl (C=O) groups is 3. The number of aromatic nitrogens is 4. The predicted octanol–water partition coefficient (Wildman–Crippen LogP) is -1.06. The van der Waals surface area contributed by atoms with Gasteiger partial charge in [0.05, 0.1) is 42.7 Å². The molecule has 2 saturated heterocycles. The van der Waals surface area contributed by atoms with Crippen LogP contribution in [-0.2, 0) is 28.6 Å². The summed E-state index contributed by atoms with van der Waals surface area (Å²) in [6.07, 6.45) is -8.71. The average Bonchev–Trinajstić information content (AvgIpc) is 3.87. The number of carbonyl (C=O) groups excluding carboxylic acids is 3. The Morgan fingerprint density at radius 1 is 0.896 bits per heavy atom. The standard InChI is InChI=1S/C46H65N5O16/c1-41(2)19-9-10-25-43(5)13-21(54)35(44(43,6)14-28(56)45(25,7)20(19)11-22(36(41)62)66-40-34(61)32(59)30(57)24(16-53)67-40)46(8,64)27(55)12-26(42(3,4)63)50-37-29-38(48-17-47-37)51(18-49-29)39-33(60)31(58)23(15-52)65-39/h9,11,17-18,20-21,23-26,30-35,39-40,52-54,57-61,63-64H,10,12-16H2,1-8H3,(H,47,48,50)/t20-,21-,23-,24-,25+,26-,30-,31-,32+,33-,34-,35-,39-,40-,43+,44-,45+,46+/m1/s1. The Hall–Kier alpha value is -3.84. The second-order valence-corrected chi connectivity index (χ2v) is 21.6. The number of ketones is 3. The number of aliphatic hydroxyl groups excluding tert-OH is 8. The largest absolute Gasteiger partial charge is 0.459 e. The van der Waals surface area contributed by atoms with E-state index in [4.69, 9.17) is 14.2 Å². The van der Waals surface area contributed by atoms with E-state index < -0.39 is 149 Å². The average molecular weight is 944 g/mol. The highest BCUT2D eigenvalue weighted by atomic mass is 16.7. The molecule has 0 aromatic carbocycles. The zero-order valence-corrected chi connectivity index (χ0v) is 38.8. The van der Waals surface area contributed by atoms with Crippen LogP contribution in [0.2, 0.25) is 0 Å². The molecule has 0 spiro atoms.